The third-order valence-electron chi connectivity index (χ3n) is 3.15. The van der Waals surface area contributed by atoms with E-state index in [0.717, 1.165) is 11.1 Å². The van der Waals surface area contributed by atoms with Gasteiger partial charge in [0, 0.05) is 19.0 Å². The summed E-state index contributed by atoms with van der Waals surface area (Å²) in [4.78, 5) is 4.33. The lowest BCUT2D eigenvalue weighted by atomic mass is 10.0. The Morgan fingerprint density at radius 3 is 2.70 bits per heavy atom. The van der Waals surface area contributed by atoms with Gasteiger partial charge in [0.05, 0.1) is 5.02 Å². The second-order valence-electron chi connectivity index (χ2n) is 4.49. The number of benzene rings is 2. The lowest BCUT2D eigenvalue weighted by Gasteiger charge is -2.04. The SMILES string of the molecule is NCc1ccccc1Cc1nc2cc(Cl)c(F)cc2o1. The Balaban J connectivity index is 1.99. The van der Waals surface area contributed by atoms with E-state index in [1.54, 1.807) is 0 Å². The fraction of sp³-hybridized carbons (Fsp3) is 0.133. The largest absolute Gasteiger partial charge is 0.440 e. The molecule has 2 aromatic carbocycles. The lowest BCUT2D eigenvalue weighted by molar-refractivity contribution is 0.539. The first-order valence-corrected chi connectivity index (χ1v) is 6.56. The van der Waals surface area contributed by atoms with Gasteiger partial charge < -0.3 is 10.2 Å². The number of halogens is 2. The van der Waals surface area contributed by atoms with Crippen LogP contribution >= 0.6 is 11.6 Å². The molecular weight excluding hydrogens is 279 g/mol. The molecule has 3 aromatic rings. The monoisotopic (exact) mass is 290 g/mol. The average molecular weight is 291 g/mol. The topological polar surface area (TPSA) is 52.0 Å². The van der Waals surface area contributed by atoms with Crippen LogP contribution in [0.1, 0.15) is 17.0 Å². The molecule has 0 unspecified atom stereocenters. The normalized spacial score (nSPS) is 11.2. The van der Waals surface area contributed by atoms with E-state index in [2.05, 4.69) is 4.98 Å². The van der Waals surface area contributed by atoms with E-state index in [0.29, 0.717) is 30.0 Å². The molecule has 5 heteroatoms. The van der Waals surface area contributed by atoms with Crippen LogP contribution in [0.3, 0.4) is 0 Å². The van der Waals surface area contributed by atoms with Crippen LogP contribution in [-0.2, 0) is 13.0 Å². The molecule has 3 nitrogen and oxygen atoms in total. The molecule has 0 spiro atoms. The molecule has 0 aliphatic carbocycles. The molecule has 0 saturated heterocycles. The molecule has 1 aromatic heterocycles. The second kappa shape index (κ2) is 5.23. The van der Waals surface area contributed by atoms with Crippen molar-refractivity contribution in [2.24, 2.45) is 5.73 Å². The van der Waals surface area contributed by atoms with Crippen molar-refractivity contribution in [1.29, 1.82) is 0 Å². The van der Waals surface area contributed by atoms with Crippen molar-refractivity contribution in [2.75, 3.05) is 0 Å². The quantitative estimate of drug-likeness (QED) is 0.801. The molecule has 0 bridgehead atoms. The maximum absolute atomic E-state index is 13.4. The van der Waals surface area contributed by atoms with Crippen LogP contribution in [0.4, 0.5) is 4.39 Å². The van der Waals surface area contributed by atoms with Crippen LogP contribution < -0.4 is 5.73 Å². The first-order valence-electron chi connectivity index (χ1n) is 6.18. The minimum Gasteiger partial charge on any atom is -0.440 e. The Kier molecular flexibility index (Phi) is 3.42. The van der Waals surface area contributed by atoms with Gasteiger partial charge in [0.15, 0.2) is 11.5 Å². The number of oxazole rings is 1. The zero-order valence-electron chi connectivity index (χ0n) is 10.6. The summed E-state index contributed by atoms with van der Waals surface area (Å²) in [6, 6.07) is 10.5. The van der Waals surface area contributed by atoms with Gasteiger partial charge in [-0.15, -0.1) is 0 Å². The van der Waals surface area contributed by atoms with Gasteiger partial charge in [-0.1, -0.05) is 35.9 Å². The average Bonchev–Trinajstić information content (AvgIpc) is 2.81. The minimum atomic E-state index is -0.510. The third-order valence-corrected chi connectivity index (χ3v) is 3.44. The van der Waals surface area contributed by atoms with E-state index in [1.807, 2.05) is 24.3 Å². The van der Waals surface area contributed by atoms with E-state index in [1.165, 1.54) is 12.1 Å². The highest BCUT2D eigenvalue weighted by molar-refractivity contribution is 6.31. The molecule has 20 heavy (non-hydrogen) atoms. The Hall–Kier alpha value is -1.91. The fourth-order valence-corrected chi connectivity index (χ4v) is 2.30. The summed E-state index contributed by atoms with van der Waals surface area (Å²) in [5, 5.41) is 0.0414. The van der Waals surface area contributed by atoms with Gasteiger partial charge in [-0.25, -0.2) is 9.37 Å². The van der Waals surface area contributed by atoms with Crippen molar-refractivity contribution >= 4 is 22.7 Å². The summed E-state index contributed by atoms with van der Waals surface area (Å²) in [5.41, 5.74) is 8.74. The first-order chi connectivity index (χ1) is 9.67. The molecule has 2 N–H and O–H groups in total. The van der Waals surface area contributed by atoms with Gasteiger partial charge in [-0.2, -0.15) is 0 Å². The zero-order valence-corrected chi connectivity index (χ0v) is 11.3. The highest BCUT2D eigenvalue weighted by atomic mass is 35.5. The van der Waals surface area contributed by atoms with Crippen molar-refractivity contribution in [3.63, 3.8) is 0 Å². The number of fused-ring (bicyclic) bond motifs is 1. The maximum atomic E-state index is 13.4. The Labute approximate surface area is 120 Å². The highest BCUT2D eigenvalue weighted by Crippen LogP contribution is 2.24. The number of hydrogen-bond donors (Lipinski definition) is 1. The number of nitrogens with zero attached hydrogens (tertiary/aromatic N) is 1. The zero-order chi connectivity index (χ0) is 14.1. The van der Waals surface area contributed by atoms with E-state index in [4.69, 9.17) is 21.8 Å². The van der Waals surface area contributed by atoms with Gasteiger partial charge in [0.25, 0.3) is 0 Å². The number of nitrogens with two attached hydrogens (primary N) is 1. The molecule has 0 atom stereocenters. The van der Waals surface area contributed by atoms with E-state index in [9.17, 15) is 4.39 Å². The maximum Gasteiger partial charge on any atom is 0.199 e. The van der Waals surface area contributed by atoms with Crippen LogP contribution in [-0.4, -0.2) is 4.98 Å². The van der Waals surface area contributed by atoms with Crippen molar-refractivity contribution < 1.29 is 8.81 Å². The highest BCUT2D eigenvalue weighted by Gasteiger charge is 2.11. The van der Waals surface area contributed by atoms with Gasteiger partial charge >= 0.3 is 0 Å². The Bertz CT molecular complexity index is 731. The van der Waals surface area contributed by atoms with Crippen molar-refractivity contribution in [1.82, 2.24) is 4.98 Å². The predicted octanol–water partition coefficient (Wildman–Crippen LogP) is 3.67. The van der Waals surface area contributed by atoms with Gasteiger partial charge in [-0.05, 0) is 17.2 Å². The van der Waals surface area contributed by atoms with E-state index >= 15 is 0 Å². The van der Waals surface area contributed by atoms with Gasteiger partial charge in [0.2, 0.25) is 0 Å². The Morgan fingerprint density at radius 2 is 1.95 bits per heavy atom. The van der Waals surface area contributed by atoms with Crippen molar-refractivity contribution in [3.05, 3.63) is 64.3 Å². The second-order valence-corrected chi connectivity index (χ2v) is 4.90. The van der Waals surface area contributed by atoms with Crippen LogP contribution in [0.25, 0.3) is 11.1 Å². The van der Waals surface area contributed by atoms with Gasteiger partial charge in [0.1, 0.15) is 11.3 Å². The van der Waals surface area contributed by atoms with Crippen molar-refractivity contribution in [3.8, 4) is 0 Å². The molecule has 0 amide bonds. The summed E-state index contributed by atoms with van der Waals surface area (Å²) in [7, 11) is 0. The molecule has 0 radical (unpaired) electrons. The van der Waals surface area contributed by atoms with E-state index in [-0.39, 0.29) is 5.02 Å². The van der Waals surface area contributed by atoms with E-state index < -0.39 is 5.82 Å². The van der Waals surface area contributed by atoms with Gasteiger partial charge in [-0.3, -0.25) is 0 Å². The summed E-state index contributed by atoms with van der Waals surface area (Å²) in [5.74, 6) is 0.00629. The summed E-state index contributed by atoms with van der Waals surface area (Å²) in [6.07, 6.45) is 0.515. The molecule has 102 valence electrons. The molecule has 0 aliphatic heterocycles. The molecule has 1 heterocycles. The molecule has 0 aliphatic rings. The Morgan fingerprint density at radius 1 is 1.20 bits per heavy atom. The van der Waals surface area contributed by atoms with Crippen LogP contribution in [0.15, 0.2) is 40.8 Å². The smallest absolute Gasteiger partial charge is 0.199 e. The number of hydrogen-bond acceptors (Lipinski definition) is 3. The molecule has 0 saturated carbocycles. The number of rotatable bonds is 3. The fourth-order valence-electron chi connectivity index (χ4n) is 2.14. The number of aromatic nitrogens is 1. The summed E-state index contributed by atoms with van der Waals surface area (Å²) < 4.78 is 18.9. The molecule has 0 fully saturated rings. The van der Waals surface area contributed by atoms with Crippen LogP contribution in [0, 0.1) is 5.82 Å². The van der Waals surface area contributed by atoms with Crippen LogP contribution in [0.5, 0.6) is 0 Å². The third kappa shape index (κ3) is 2.40. The molecular formula is C15H12ClFN2O. The standard InChI is InChI=1S/C15H12ClFN2O/c16-11-6-13-14(7-12(11)17)20-15(19-13)5-9-3-1-2-4-10(9)8-18/h1-4,6-7H,5,8,18H2. The summed E-state index contributed by atoms with van der Waals surface area (Å²) in [6.45, 7) is 0.455. The van der Waals surface area contributed by atoms with Crippen molar-refractivity contribution in [2.45, 2.75) is 13.0 Å². The first kappa shape index (κ1) is 13.1. The lowest BCUT2D eigenvalue weighted by Crippen LogP contribution is -2.01. The van der Waals surface area contributed by atoms with Crippen LogP contribution in [0.2, 0.25) is 5.02 Å². The predicted molar refractivity (Wildman–Crippen MR) is 76.1 cm³/mol. The molecule has 3 rings (SSSR count). The minimum absolute atomic E-state index is 0.0414. The summed E-state index contributed by atoms with van der Waals surface area (Å²) >= 11 is 5.73.